The first-order valence-corrected chi connectivity index (χ1v) is 12.0. The number of ether oxygens (including phenoxy) is 1. The van der Waals surface area contributed by atoms with Gasteiger partial charge < -0.3 is 4.74 Å². The van der Waals surface area contributed by atoms with Crippen molar-refractivity contribution >= 4 is 5.97 Å². The van der Waals surface area contributed by atoms with Crippen molar-refractivity contribution in [3.05, 3.63) is 65.7 Å². The van der Waals surface area contributed by atoms with Crippen LogP contribution in [0.3, 0.4) is 0 Å². The van der Waals surface area contributed by atoms with Crippen LogP contribution in [-0.2, 0) is 27.9 Å². The highest BCUT2D eigenvalue weighted by molar-refractivity contribution is 5.83. The first-order chi connectivity index (χ1) is 17.1. The number of aromatic nitrogens is 6. The second-order valence-electron chi connectivity index (χ2n) is 8.76. The summed E-state index contributed by atoms with van der Waals surface area (Å²) in [6.45, 7) is 6.87. The first kappa shape index (κ1) is 22.9. The van der Waals surface area contributed by atoms with Crippen molar-refractivity contribution in [1.82, 2.24) is 35.5 Å². The Labute approximate surface area is 203 Å². The van der Waals surface area contributed by atoms with Crippen molar-refractivity contribution in [1.29, 1.82) is 0 Å². The maximum absolute atomic E-state index is 13.1. The van der Waals surface area contributed by atoms with E-state index in [4.69, 9.17) is 9.72 Å². The van der Waals surface area contributed by atoms with Crippen LogP contribution in [0.2, 0.25) is 0 Å². The minimum atomic E-state index is -0.966. The molecular weight excluding hydrogens is 442 g/mol. The predicted octanol–water partition coefficient (Wildman–Crippen LogP) is 3.60. The van der Waals surface area contributed by atoms with Crippen molar-refractivity contribution in [2.24, 2.45) is 0 Å². The average molecular weight is 472 g/mol. The minimum Gasteiger partial charge on any atom is -0.464 e. The number of tetrazole rings is 1. The van der Waals surface area contributed by atoms with Gasteiger partial charge >= 0.3 is 5.97 Å². The number of carbonyl (C=O) groups is 1. The molecule has 1 unspecified atom stereocenters. The van der Waals surface area contributed by atoms with Crippen LogP contribution in [0.25, 0.3) is 28.2 Å². The molecule has 1 aliphatic heterocycles. The third-order valence-electron chi connectivity index (χ3n) is 6.44. The number of esters is 1. The lowest BCUT2D eigenvalue weighted by atomic mass is 9.90. The molecule has 0 fully saturated rings. The summed E-state index contributed by atoms with van der Waals surface area (Å²) in [5.41, 5.74) is 4.76. The third kappa shape index (κ3) is 4.01. The minimum absolute atomic E-state index is 0.282. The summed E-state index contributed by atoms with van der Waals surface area (Å²) in [7, 11) is 0. The van der Waals surface area contributed by atoms with Crippen molar-refractivity contribution < 1.29 is 9.53 Å². The number of nitrogens with zero attached hydrogens (tertiary/aromatic N) is 5. The zero-order valence-electron chi connectivity index (χ0n) is 20.2. The topological polar surface area (TPSA) is 111 Å². The van der Waals surface area contributed by atoms with E-state index in [1.807, 2.05) is 38.1 Å². The lowest BCUT2D eigenvalue weighted by molar-refractivity contribution is -0.151. The highest BCUT2D eigenvalue weighted by Gasteiger charge is 2.44. The van der Waals surface area contributed by atoms with Crippen LogP contribution < -0.4 is 5.32 Å². The molecule has 5 rings (SSSR count). The SMILES string of the molecule is CCCc1nc2c(n1-c1ccc(-c3ccccc3-c3nn[nH]n3)cc1)C(C)(C(=O)OCC)NCC2. The number of benzene rings is 2. The number of carbonyl (C=O) groups excluding carboxylic acids is 1. The van der Waals surface area contributed by atoms with Gasteiger partial charge in [0, 0.05) is 30.6 Å². The summed E-state index contributed by atoms with van der Waals surface area (Å²) < 4.78 is 7.60. The van der Waals surface area contributed by atoms with Gasteiger partial charge in [-0.1, -0.05) is 43.3 Å². The highest BCUT2D eigenvalue weighted by Crippen LogP contribution is 2.35. The summed E-state index contributed by atoms with van der Waals surface area (Å²) in [5, 5.41) is 17.9. The van der Waals surface area contributed by atoms with Gasteiger partial charge in [-0.2, -0.15) is 5.21 Å². The zero-order valence-corrected chi connectivity index (χ0v) is 20.2. The van der Waals surface area contributed by atoms with E-state index in [1.165, 1.54) is 0 Å². The molecule has 0 spiro atoms. The number of hydrogen-bond donors (Lipinski definition) is 2. The molecule has 0 amide bonds. The Morgan fingerprint density at radius 3 is 2.57 bits per heavy atom. The molecular formula is C26H29N7O2. The van der Waals surface area contributed by atoms with Crippen LogP contribution >= 0.6 is 0 Å². The molecule has 180 valence electrons. The summed E-state index contributed by atoms with van der Waals surface area (Å²) in [6.07, 6.45) is 2.54. The van der Waals surface area contributed by atoms with Crippen molar-refractivity contribution in [3.63, 3.8) is 0 Å². The van der Waals surface area contributed by atoms with Gasteiger partial charge in [0.15, 0.2) is 5.54 Å². The summed E-state index contributed by atoms with van der Waals surface area (Å²) in [4.78, 5) is 18.0. The van der Waals surface area contributed by atoms with E-state index < -0.39 is 5.54 Å². The molecule has 2 aromatic heterocycles. The monoisotopic (exact) mass is 471 g/mol. The Morgan fingerprint density at radius 1 is 1.11 bits per heavy atom. The number of aromatic amines is 1. The van der Waals surface area contributed by atoms with Crippen LogP contribution in [0.1, 0.15) is 44.4 Å². The molecule has 0 bridgehead atoms. The van der Waals surface area contributed by atoms with E-state index in [1.54, 1.807) is 0 Å². The van der Waals surface area contributed by atoms with E-state index in [2.05, 4.69) is 61.7 Å². The van der Waals surface area contributed by atoms with Gasteiger partial charge in [0.25, 0.3) is 0 Å². The number of hydrogen-bond acceptors (Lipinski definition) is 7. The largest absolute Gasteiger partial charge is 0.464 e. The lowest BCUT2D eigenvalue weighted by Gasteiger charge is -2.34. The number of rotatable bonds is 7. The lowest BCUT2D eigenvalue weighted by Crippen LogP contribution is -2.52. The van der Waals surface area contributed by atoms with Gasteiger partial charge in [0.05, 0.1) is 18.0 Å². The molecule has 4 aromatic rings. The Kier molecular flexibility index (Phi) is 6.17. The Morgan fingerprint density at radius 2 is 1.89 bits per heavy atom. The number of H-pyrrole nitrogens is 1. The van der Waals surface area contributed by atoms with E-state index >= 15 is 0 Å². The van der Waals surface area contributed by atoms with Gasteiger partial charge in [-0.25, -0.2) is 9.78 Å². The molecule has 0 saturated carbocycles. The maximum Gasteiger partial charge on any atom is 0.332 e. The van der Waals surface area contributed by atoms with E-state index in [-0.39, 0.29) is 5.97 Å². The first-order valence-electron chi connectivity index (χ1n) is 12.0. The summed E-state index contributed by atoms with van der Waals surface area (Å²) in [5.74, 6) is 1.22. The third-order valence-corrected chi connectivity index (χ3v) is 6.44. The fourth-order valence-electron chi connectivity index (χ4n) is 4.83. The van der Waals surface area contributed by atoms with Crippen LogP contribution in [0.5, 0.6) is 0 Å². The maximum atomic E-state index is 13.1. The number of aryl methyl sites for hydroxylation is 1. The van der Waals surface area contributed by atoms with Crippen molar-refractivity contribution in [2.45, 2.75) is 45.6 Å². The molecule has 9 heteroatoms. The van der Waals surface area contributed by atoms with Gasteiger partial charge in [0.1, 0.15) is 5.82 Å². The molecule has 0 aliphatic carbocycles. The van der Waals surface area contributed by atoms with Crippen LogP contribution in [0, 0.1) is 0 Å². The summed E-state index contributed by atoms with van der Waals surface area (Å²) in [6, 6.07) is 16.3. The van der Waals surface area contributed by atoms with Gasteiger partial charge in [0.2, 0.25) is 5.82 Å². The number of fused-ring (bicyclic) bond motifs is 1. The normalized spacial score (nSPS) is 17.2. The standard InChI is InChI=1S/C26H29N7O2/c1-4-8-22-28-21-15-16-27-26(3,25(34)35-5-2)23(21)33(22)18-13-11-17(12-14-18)19-9-6-7-10-20(19)24-29-31-32-30-24/h6-7,9-14,27H,4-5,8,15-16H2,1-3H3,(H,29,30,31,32). The van der Waals surface area contributed by atoms with Crippen LogP contribution in [0.15, 0.2) is 48.5 Å². The molecule has 1 atom stereocenters. The predicted molar refractivity (Wildman–Crippen MR) is 132 cm³/mol. The smallest absolute Gasteiger partial charge is 0.332 e. The fourth-order valence-corrected chi connectivity index (χ4v) is 4.83. The van der Waals surface area contributed by atoms with Crippen molar-refractivity contribution in [3.8, 4) is 28.2 Å². The van der Waals surface area contributed by atoms with Crippen LogP contribution in [0.4, 0.5) is 0 Å². The molecule has 1 aliphatic rings. The van der Waals surface area contributed by atoms with E-state index in [9.17, 15) is 4.79 Å². The highest BCUT2D eigenvalue weighted by atomic mass is 16.5. The average Bonchev–Trinajstić information content (AvgIpc) is 3.54. The molecule has 2 aromatic carbocycles. The molecule has 9 nitrogen and oxygen atoms in total. The molecule has 3 heterocycles. The van der Waals surface area contributed by atoms with E-state index in [0.717, 1.165) is 58.9 Å². The molecule has 2 N–H and O–H groups in total. The van der Waals surface area contributed by atoms with Crippen molar-refractivity contribution in [2.75, 3.05) is 13.2 Å². The van der Waals surface area contributed by atoms with Gasteiger partial charge in [-0.05, 0) is 48.7 Å². The molecule has 0 radical (unpaired) electrons. The van der Waals surface area contributed by atoms with E-state index in [0.29, 0.717) is 19.0 Å². The van der Waals surface area contributed by atoms with Gasteiger partial charge in [-0.15, -0.1) is 10.2 Å². The second kappa shape index (κ2) is 9.42. The Bertz CT molecular complexity index is 1330. The Balaban J connectivity index is 1.61. The second-order valence-corrected chi connectivity index (χ2v) is 8.76. The van der Waals surface area contributed by atoms with Crippen LogP contribution in [-0.4, -0.2) is 49.3 Å². The molecule has 0 saturated heterocycles. The Hall–Kier alpha value is -3.85. The molecule has 35 heavy (non-hydrogen) atoms. The fraction of sp³-hybridized carbons (Fsp3) is 0.346. The number of imidazole rings is 1. The quantitative estimate of drug-likeness (QED) is 0.396. The van der Waals surface area contributed by atoms with Gasteiger partial charge in [-0.3, -0.25) is 9.88 Å². The summed E-state index contributed by atoms with van der Waals surface area (Å²) >= 11 is 0. The zero-order chi connectivity index (χ0) is 24.4. The number of nitrogens with one attached hydrogen (secondary N) is 2.